The highest BCUT2D eigenvalue weighted by atomic mass is 35.5. The summed E-state index contributed by atoms with van der Waals surface area (Å²) in [6.07, 6.45) is 0. The fraction of sp³-hybridized carbons (Fsp3) is 0.300. The highest BCUT2D eigenvalue weighted by molar-refractivity contribution is 7.99. The Hall–Kier alpha value is -2.78. The van der Waals surface area contributed by atoms with Crippen LogP contribution in [0.4, 0.5) is 5.69 Å². The molecule has 160 valence electrons. The quantitative estimate of drug-likeness (QED) is 0.152. The number of carbonyl (C=O) groups is 1. The van der Waals surface area contributed by atoms with E-state index in [0.29, 0.717) is 24.1 Å². The predicted octanol–water partition coefficient (Wildman–Crippen LogP) is 3.16. The number of guanidine groups is 1. The van der Waals surface area contributed by atoms with E-state index in [2.05, 4.69) is 15.6 Å². The van der Waals surface area contributed by atoms with Crippen molar-refractivity contribution in [1.82, 2.24) is 15.5 Å². The maximum Gasteiger partial charge on any atom is 0.269 e. The van der Waals surface area contributed by atoms with Crippen LogP contribution in [0.3, 0.4) is 0 Å². The summed E-state index contributed by atoms with van der Waals surface area (Å²) in [5, 5.41) is 17.7. The van der Waals surface area contributed by atoms with Crippen molar-refractivity contribution in [3.63, 3.8) is 0 Å². The molecule has 0 heterocycles. The highest BCUT2D eigenvalue weighted by Crippen LogP contribution is 2.19. The lowest BCUT2D eigenvalue weighted by Crippen LogP contribution is -2.43. The number of non-ortho nitro benzene ring substituents is 1. The standard InChI is InChI=1S/C20H24ClN5O3S/c1-25(2)19(27)14-24-20(22-11-12-30-18-9-5-16(21)6-10-18)23-13-15-3-7-17(8-4-15)26(28)29/h3-10H,11-14H2,1-2H3,(H2,22,23,24). The lowest BCUT2D eigenvalue weighted by molar-refractivity contribution is -0.384. The molecule has 0 aliphatic carbocycles. The third-order valence-corrected chi connectivity index (χ3v) is 5.22. The van der Waals surface area contributed by atoms with Gasteiger partial charge in [-0.15, -0.1) is 11.8 Å². The van der Waals surface area contributed by atoms with Crippen molar-refractivity contribution in [3.05, 3.63) is 69.2 Å². The molecule has 0 aromatic heterocycles. The van der Waals surface area contributed by atoms with Gasteiger partial charge in [0.1, 0.15) is 0 Å². The molecule has 0 spiro atoms. The van der Waals surface area contributed by atoms with Crippen molar-refractivity contribution < 1.29 is 9.72 Å². The van der Waals surface area contributed by atoms with Crippen molar-refractivity contribution in [2.45, 2.75) is 11.4 Å². The van der Waals surface area contributed by atoms with Gasteiger partial charge in [0.05, 0.1) is 18.0 Å². The fourth-order valence-electron chi connectivity index (χ4n) is 2.25. The van der Waals surface area contributed by atoms with Crippen molar-refractivity contribution in [3.8, 4) is 0 Å². The number of hydrogen-bond donors (Lipinski definition) is 2. The Bertz CT molecular complexity index is 873. The van der Waals surface area contributed by atoms with Crippen molar-refractivity contribution in [1.29, 1.82) is 0 Å². The molecule has 8 nitrogen and oxygen atoms in total. The topological polar surface area (TPSA) is 99.9 Å². The predicted molar refractivity (Wildman–Crippen MR) is 121 cm³/mol. The van der Waals surface area contributed by atoms with E-state index in [4.69, 9.17) is 11.6 Å². The van der Waals surface area contributed by atoms with Crippen molar-refractivity contribution >= 4 is 40.9 Å². The molecule has 1 amide bonds. The lowest BCUT2D eigenvalue weighted by atomic mass is 10.2. The number of hydrogen-bond acceptors (Lipinski definition) is 5. The van der Waals surface area contributed by atoms with Gasteiger partial charge in [-0.25, -0.2) is 4.99 Å². The molecule has 0 atom stereocenters. The number of likely N-dealkylation sites (N-methyl/N-ethyl adjacent to an activating group) is 1. The third-order valence-electron chi connectivity index (χ3n) is 3.95. The maximum absolute atomic E-state index is 11.9. The van der Waals surface area contributed by atoms with Crippen LogP contribution < -0.4 is 10.6 Å². The highest BCUT2D eigenvalue weighted by Gasteiger charge is 2.07. The number of aliphatic imine (C=N–C) groups is 1. The molecule has 0 fully saturated rings. The van der Waals surface area contributed by atoms with Gasteiger partial charge in [-0.1, -0.05) is 23.7 Å². The number of thioether (sulfide) groups is 1. The average molecular weight is 450 g/mol. The van der Waals surface area contributed by atoms with Crippen molar-refractivity contribution in [2.75, 3.05) is 32.9 Å². The number of nitrogens with zero attached hydrogens (tertiary/aromatic N) is 3. The third kappa shape index (κ3) is 8.30. The van der Waals surface area contributed by atoms with Crippen LogP contribution in [0.1, 0.15) is 5.56 Å². The van der Waals surface area contributed by atoms with E-state index >= 15 is 0 Å². The molecule has 2 rings (SSSR count). The van der Waals surface area contributed by atoms with Crippen LogP contribution in [-0.4, -0.2) is 54.6 Å². The zero-order valence-corrected chi connectivity index (χ0v) is 18.4. The normalized spacial score (nSPS) is 11.1. The number of halogens is 1. The van der Waals surface area contributed by atoms with Gasteiger partial charge in [0.25, 0.3) is 5.69 Å². The number of carbonyl (C=O) groups excluding carboxylic acids is 1. The van der Waals surface area contributed by atoms with Crippen LogP contribution in [0.2, 0.25) is 5.02 Å². The van der Waals surface area contributed by atoms with E-state index in [1.165, 1.54) is 17.0 Å². The van der Waals surface area contributed by atoms with E-state index < -0.39 is 4.92 Å². The summed E-state index contributed by atoms with van der Waals surface area (Å²) in [5.74, 6) is 1.22. The first-order chi connectivity index (χ1) is 14.3. The summed E-state index contributed by atoms with van der Waals surface area (Å²) < 4.78 is 0. The summed E-state index contributed by atoms with van der Waals surface area (Å²) in [4.78, 5) is 29.3. The van der Waals surface area contributed by atoms with Gasteiger partial charge >= 0.3 is 0 Å². The zero-order chi connectivity index (χ0) is 21.9. The molecule has 0 aliphatic rings. The Morgan fingerprint density at radius 3 is 2.40 bits per heavy atom. The molecule has 2 N–H and O–H groups in total. The van der Waals surface area contributed by atoms with E-state index in [9.17, 15) is 14.9 Å². The SMILES string of the molecule is CN(C)C(=O)CNC(=NCc1ccc([N+](=O)[O-])cc1)NCCSc1ccc(Cl)cc1. The first-order valence-electron chi connectivity index (χ1n) is 9.19. The Labute approximate surface area is 184 Å². The smallest absolute Gasteiger partial charge is 0.269 e. The van der Waals surface area contributed by atoms with E-state index in [1.807, 2.05) is 24.3 Å². The van der Waals surface area contributed by atoms with Gasteiger partial charge in [0, 0.05) is 48.4 Å². The van der Waals surface area contributed by atoms with Crippen LogP contribution >= 0.6 is 23.4 Å². The molecule has 0 bridgehead atoms. The Morgan fingerprint density at radius 2 is 1.80 bits per heavy atom. The summed E-state index contributed by atoms with van der Waals surface area (Å²) in [6, 6.07) is 13.9. The molecule has 30 heavy (non-hydrogen) atoms. The zero-order valence-electron chi connectivity index (χ0n) is 16.8. The minimum atomic E-state index is -0.438. The summed E-state index contributed by atoms with van der Waals surface area (Å²) >= 11 is 7.57. The number of nitro benzene ring substituents is 1. The molecule has 10 heteroatoms. The number of benzene rings is 2. The van der Waals surface area contributed by atoms with E-state index in [1.54, 1.807) is 38.0 Å². The second-order valence-corrected chi connectivity index (χ2v) is 8.06. The second kappa shape index (κ2) is 12.0. The summed E-state index contributed by atoms with van der Waals surface area (Å²) in [7, 11) is 3.38. The van der Waals surface area contributed by atoms with Crippen molar-refractivity contribution in [2.24, 2.45) is 4.99 Å². The molecule has 0 saturated carbocycles. The molecular weight excluding hydrogens is 426 g/mol. The molecule has 2 aromatic carbocycles. The Morgan fingerprint density at radius 1 is 1.13 bits per heavy atom. The average Bonchev–Trinajstić information content (AvgIpc) is 2.73. The lowest BCUT2D eigenvalue weighted by Gasteiger charge is -2.15. The van der Waals surface area contributed by atoms with Gasteiger partial charge in [0.2, 0.25) is 5.91 Å². The maximum atomic E-state index is 11.9. The number of nitrogens with one attached hydrogen (secondary N) is 2. The molecule has 0 saturated heterocycles. The molecule has 0 aliphatic heterocycles. The largest absolute Gasteiger partial charge is 0.356 e. The number of rotatable bonds is 9. The minimum Gasteiger partial charge on any atom is -0.356 e. The van der Waals surface area contributed by atoms with Gasteiger partial charge in [-0.3, -0.25) is 14.9 Å². The second-order valence-electron chi connectivity index (χ2n) is 6.46. The number of amides is 1. The van der Waals surface area contributed by atoms with Crippen LogP contribution in [0.25, 0.3) is 0 Å². The van der Waals surface area contributed by atoms with Gasteiger partial charge < -0.3 is 15.5 Å². The number of nitro groups is 1. The molecule has 2 aromatic rings. The van der Waals surface area contributed by atoms with E-state index in [-0.39, 0.29) is 18.1 Å². The van der Waals surface area contributed by atoms with Crippen LogP contribution in [0.5, 0.6) is 0 Å². The molecular formula is C20H24ClN5O3S. The van der Waals surface area contributed by atoms with Crippen LogP contribution in [0.15, 0.2) is 58.4 Å². The Kier molecular flexibility index (Phi) is 9.43. The monoisotopic (exact) mass is 449 g/mol. The summed E-state index contributed by atoms with van der Waals surface area (Å²) in [5.41, 5.74) is 0.867. The van der Waals surface area contributed by atoms with E-state index in [0.717, 1.165) is 16.2 Å². The van der Waals surface area contributed by atoms with Gasteiger partial charge in [0.15, 0.2) is 5.96 Å². The minimum absolute atomic E-state index is 0.0370. The summed E-state index contributed by atoms with van der Waals surface area (Å²) in [6.45, 7) is 1.08. The van der Waals surface area contributed by atoms with Gasteiger partial charge in [-0.05, 0) is 29.8 Å². The first-order valence-corrected chi connectivity index (χ1v) is 10.6. The van der Waals surface area contributed by atoms with Crippen LogP contribution in [-0.2, 0) is 11.3 Å². The molecule has 0 unspecified atom stereocenters. The molecule has 0 radical (unpaired) electrons. The fourth-order valence-corrected chi connectivity index (χ4v) is 3.15. The van der Waals surface area contributed by atoms with Crippen LogP contribution in [0, 0.1) is 10.1 Å². The van der Waals surface area contributed by atoms with Gasteiger partial charge in [-0.2, -0.15) is 0 Å². The Balaban J connectivity index is 1.92. The first kappa shape index (κ1) is 23.5.